The van der Waals surface area contributed by atoms with Gasteiger partial charge in [0.15, 0.2) is 0 Å². The summed E-state index contributed by atoms with van der Waals surface area (Å²) >= 11 is 21.1. The Morgan fingerprint density at radius 1 is 0.923 bits per heavy atom. The summed E-state index contributed by atoms with van der Waals surface area (Å²) in [6, 6.07) is 16.8. The molecule has 14 heteroatoms. The van der Waals surface area contributed by atoms with Gasteiger partial charge in [-0.15, -0.1) is 0 Å². The molecule has 5 aromatic rings. The molecule has 0 spiro atoms. The van der Waals surface area contributed by atoms with E-state index in [9.17, 15) is 14.4 Å². The van der Waals surface area contributed by atoms with Gasteiger partial charge in [-0.2, -0.15) is 0 Å². The summed E-state index contributed by atoms with van der Waals surface area (Å²) in [6.45, 7) is 1.33. The van der Waals surface area contributed by atoms with Gasteiger partial charge < -0.3 is 20.7 Å². The molecule has 2 aliphatic rings. The summed E-state index contributed by atoms with van der Waals surface area (Å²) in [5.74, 6) is 0.417. The highest BCUT2D eigenvalue weighted by atomic mass is 35.5. The zero-order valence-electron chi connectivity index (χ0n) is 28.5. The van der Waals surface area contributed by atoms with Crippen LogP contribution >= 0.6 is 34.8 Å². The molecule has 2 aliphatic heterocycles. The molecule has 2 aromatic carbocycles. The molecular formula is C38H36Cl3N7O4. The van der Waals surface area contributed by atoms with Gasteiger partial charge in [-0.3, -0.25) is 23.7 Å². The minimum absolute atomic E-state index is 0.0141. The van der Waals surface area contributed by atoms with Gasteiger partial charge in [-0.25, -0.2) is 9.97 Å². The van der Waals surface area contributed by atoms with Gasteiger partial charge in [0, 0.05) is 84.8 Å². The maximum atomic E-state index is 13.4. The van der Waals surface area contributed by atoms with Crippen LogP contribution in [0.15, 0.2) is 71.8 Å². The van der Waals surface area contributed by atoms with Crippen LogP contribution in [0.25, 0.3) is 39.2 Å². The number of nitrogens with zero attached hydrogens (tertiary/aromatic N) is 4. The maximum absolute atomic E-state index is 13.4. The van der Waals surface area contributed by atoms with E-state index in [1.165, 1.54) is 11.5 Å². The number of hydrogen-bond donors (Lipinski definition) is 3. The number of pyridine rings is 2. The van der Waals surface area contributed by atoms with E-state index < -0.39 is 0 Å². The second-order valence-electron chi connectivity index (χ2n) is 13.0. The molecule has 0 radical (unpaired) electrons. The number of rotatable bonds is 11. The van der Waals surface area contributed by atoms with Crippen LogP contribution in [-0.2, 0) is 22.7 Å². The van der Waals surface area contributed by atoms with Crippen molar-refractivity contribution < 1.29 is 14.3 Å². The molecule has 5 heterocycles. The predicted octanol–water partition coefficient (Wildman–Crippen LogP) is 6.10. The summed E-state index contributed by atoms with van der Waals surface area (Å²) < 4.78 is 6.98. The fraction of sp³-hybridized carbons (Fsp3) is 0.289. The first-order chi connectivity index (χ1) is 25.1. The van der Waals surface area contributed by atoms with Crippen LogP contribution in [0.3, 0.4) is 0 Å². The maximum Gasteiger partial charge on any atom is 0.262 e. The molecule has 0 unspecified atom stereocenters. The zero-order chi connectivity index (χ0) is 36.5. The number of carbonyl (C=O) groups excluding carboxylic acids is 2. The highest BCUT2D eigenvalue weighted by molar-refractivity contribution is 6.39. The van der Waals surface area contributed by atoms with E-state index in [-0.39, 0.29) is 29.6 Å². The van der Waals surface area contributed by atoms with Crippen LogP contribution in [-0.4, -0.2) is 64.0 Å². The number of aromatic nitrogens is 3. The number of amides is 2. The van der Waals surface area contributed by atoms with Gasteiger partial charge in [0.25, 0.3) is 5.56 Å². The molecule has 7 rings (SSSR count). The Hall–Kier alpha value is -4.52. The molecule has 2 atom stereocenters. The van der Waals surface area contributed by atoms with Crippen molar-refractivity contribution in [2.75, 3.05) is 20.7 Å². The number of benzene rings is 2. The first-order valence-electron chi connectivity index (χ1n) is 16.9. The summed E-state index contributed by atoms with van der Waals surface area (Å²) in [5.41, 5.74) is 5.70. The third-order valence-electron chi connectivity index (χ3n) is 9.59. The van der Waals surface area contributed by atoms with Crippen molar-refractivity contribution in [3.05, 3.63) is 104 Å². The first kappa shape index (κ1) is 35.9. The number of methoxy groups -OCH3 is 1. The Morgan fingerprint density at radius 2 is 1.62 bits per heavy atom. The molecule has 2 saturated heterocycles. The molecule has 3 N–H and O–H groups in total. The van der Waals surface area contributed by atoms with Gasteiger partial charge in [-0.1, -0.05) is 71.2 Å². The molecule has 3 aromatic heterocycles. The number of nitrogens with one attached hydrogen (secondary N) is 3. The van der Waals surface area contributed by atoms with Crippen LogP contribution in [0.1, 0.15) is 36.8 Å². The van der Waals surface area contributed by atoms with Crippen LogP contribution in [0.2, 0.25) is 15.1 Å². The quantitative estimate of drug-likeness (QED) is 0.148. The van der Waals surface area contributed by atoms with E-state index in [0.717, 1.165) is 23.1 Å². The topological polar surface area (TPSA) is 130 Å². The molecule has 0 bridgehead atoms. The third kappa shape index (κ3) is 7.24. The fourth-order valence-corrected chi connectivity index (χ4v) is 7.70. The Kier molecular flexibility index (Phi) is 10.5. The number of ether oxygens (including phenoxy) is 1. The minimum atomic E-state index is -0.178. The highest BCUT2D eigenvalue weighted by Gasteiger charge is 2.26. The van der Waals surface area contributed by atoms with Gasteiger partial charge in [0.1, 0.15) is 5.65 Å². The van der Waals surface area contributed by atoms with Crippen molar-refractivity contribution in [1.82, 2.24) is 35.2 Å². The van der Waals surface area contributed by atoms with Crippen molar-refractivity contribution in [1.29, 1.82) is 0 Å². The van der Waals surface area contributed by atoms with Crippen LogP contribution in [0, 0.1) is 0 Å². The summed E-state index contributed by atoms with van der Waals surface area (Å²) in [4.78, 5) is 48.1. The lowest BCUT2D eigenvalue weighted by Gasteiger charge is -2.23. The highest BCUT2D eigenvalue weighted by Crippen LogP contribution is 2.43. The Labute approximate surface area is 315 Å². The number of carbonyl (C=O) groups is 2. The van der Waals surface area contributed by atoms with E-state index in [1.54, 1.807) is 18.5 Å². The SMILES string of the molecule is COc1cc(Cl)c(CNC[C@H]2CCC(=O)N2)c(-c2cccc(-c3cccc(-c4ccn5c(=O)c(CN(C)[C@H]6CCC(=O)N6)cnc5c4)c3Cl)c2Cl)n1. The standard InChI is InChI=1S/C38H36Cl3N7O4/c1-47(30-10-12-33(50)45-30)20-22-17-43-31-15-21(13-14-48(31)38(22)51)24-5-3-6-25(35(24)40)26-7-4-8-27(36(26)41)37-28(29(39)16-34(46-37)52-2)19-42-18-23-9-11-32(49)44-23/h3-8,13-17,23,30,42H,9-12,18-20H2,1-2H3,(H,44,49)(H,45,50)/t23-,30+/m1/s1. The third-order valence-corrected chi connectivity index (χ3v) is 10.7. The first-order valence-corrected chi connectivity index (χ1v) is 18.1. The van der Waals surface area contributed by atoms with Crippen molar-refractivity contribution in [2.45, 2.75) is 51.0 Å². The smallest absolute Gasteiger partial charge is 0.262 e. The van der Waals surface area contributed by atoms with Crippen molar-refractivity contribution in [3.63, 3.8) is 0 Å². The second-order valence-corrected chi connectivity index (χ2v) is 14.2. The minimum Gasteiger partial charge on any atom is -0.481 e. The lowest BCUT2D eigenvalue weighted by Crippen LogP contribution is -2.41. The van der Waals surface area contributed by atoms with Crippen molar-refractivity contribution in [2.24, 2.45) is 0 Å². The molecule has 11 nitrogen and oxygen atoms in total. The van der Waals surface area contributed by atoms with E-state index in [0.29, 0.717) is 93.4 Å². The Morgan fingerprint density at radius 3 is 2.31 bits per heavy atom. The number of hydrogen-bond acceptors (Lipinski definition) is 8. The zero-order valence-corrected chi connectivity index (χ0v) is 30.8. The fourth-order valence-electron chi connectivity index (χ4n) is 6.80. The number of halogens is 3. The van der Waals surface area contributed by atoms with E-state index in [4.69, 9.17) is 44.5 Å². The summed E-state index contributed by atoms with van der Waals surface area (Å²) in [7, 11) is 3.41. The average Bonchev–Trinajstić information content (AvgIpc) is 3.77. The van der Waals surface area contributed by atoms with Crippen LogP contribution < -0.4 is 26.2 Å². The van der Waals surface area contributed by atoms with E-state index in [1.807, 2.05) is 60.5 Å². The second kappa shape index (κ2) is 15.2. The Balaban J connectivity index is 1.19. The van der Waals surface area contributed by atoms with Gasteiger partial charge >= 0.3 is 0 Å². The largest absolute Gasteiger partial charge is 0.481 e. The predicted molar refractivity (Wildman–Crippen MR) is 203 cm³/mol. The number of fused-ring (bicyclic) bond motifs is 1. The van der Waals surface area contributed by atoms with Crippen LogP contribution in [0.4, 0.5) is 0 Å². The molecule has 2 amide bonds. The summed E-state index contributed by atoms with van der Waals surface area (Å²) in [6.07, 6.45) is 5.65. The van der Waals surface area contributed by atoms with E-state index in [2.05, 4.69) is 20.9 Å². The van der Waals surface area contributed by atoms with Crippen LogP contribution in [0.5, 0.6) is 5.88 Å². The Bertz CT molecular complexity index is 2260. The van der Waals surface area contributed by atoms with Crippen molar-refractivity contribution in [3.8, 4) is 39.4 Å². The average molecular weight is 761 g/mol. The molecule has 0 saturated carbocycles. The molecule has 268 valence electrons. The van der Waals surface area contributed by atoms with Gasteiger partial charge in [0.2, 0.25) is 17.7 Å². The molecule has 0 aliphatic carbocycles. The van der Waals surface area contributed by atoms with Gasteiger partial charge in [0.05, 0.1) is 39.6 Å². The monoisotopic (exact) mass is 759 g/mol. The molecule has 52 heavy (non-hydrogen) atoms. The molecule has 2 fully saturated rings. The lowest BCUT2D eigenvalue weighted by molar-refractivity contribution is -0.120. The van der Waals surface area contributed by atoms with Gasteiger partial charge in [-0.05, 0) is 37.6 Å². The summed E-state index contributed by atoms with van der Waals surface area (Å²) in [5, 5.41) is 10.7. The van der Waals surface area contributed by atoms with Crippen molar-refractivity contribution >= 4 is 52.3 Å². The lowest BCUT2D eigenvalue weighted by atomic mass is 9.96. The molecular weight excluding hydrogens is 725 g/mol. The van der Waals surface area contributed by atoms with E-state index >= 15 is 0 Å². The normalized spacial score (nSPS) is 17.2.